The van der Waals surface area contributed by atoms with Crippen LogP contribution in [0, 0.1) is 6.92 Å². The van der Waals surface area contributed by atoms with Gasteiger partial charge in [-0.15, -0.1) is 0 Å². The van der Waals surface area contributed by atoms with Crippen LogP contribution in [0.25, 0.3) is 0 Å². The summed E-state index contributed by atoms with van der Waals surface area (Å²) in [6, 6.07) is 22.2. The molecule has 8 nitrogen and oxygen atoms in total. The molecular weight excluding hydrogens is 550 g/mol. The summed E-state index contributed by atoms with van der Waals surface area (Å²) in [5, 5.41) is 3.13. The predicted octanol–water partition coefficient (Wildman–Crippen LogP) is 5.11. The van der Waals surface area contributed by atoms with Crippen LogP contribution >= 0.6 is 0 Å². The second-order valence-corrected chi connectivity index (χ2v) is 12.7. The summed E-state index contributed by atoms with van der Waals surface area (Å²) in [6.45, 7) is 3.35. The molecule has 0 aliphatic heterocycles. The Hall–Kier alpha value is -3.85. The van der Waals surface area contributed by atoms with Crippen molar-refractivity contribution >= 4 is 27.5 Å². The lowest BCUT2D eigenvalue weighted by atomic mass is 9.95. The zero-order valence-corrected chi connectivity index (χ0v) is 25.5. The van der Waals surface area contributed by atoms with Crippen molar-refractivity contribution in [3.8, 4) is 5.75 Å². The van der Waals surface area contributed by atoms with Gasteiger partial charge in [-0.25, -0.2) is 8.42 Å². The molecule has 224 valence electrons. The van der Waals surface area contributed by atoms with E-state index in [-0.39, 0.29) is 29.1 Å². The van der Waals surface area contributed by atoms with Gasteiger partial charge in [-0.3, -0.25) is 13.9 Å². The first-order chi connectivity index (χ1) is 20.2. The maximum Gasteiger partial charge on any atom is 0.264 e. The van der Waals surface area contributed by atoms with E-state index < -0.39 is 28.5 Å². The Morgan fingerprint density at radius 3 is 2.24 bits per heavy atom. The summed E-state index contributed by atoms with van der Waals surface area (Å²) in [5.41, 5.74) is 2.18. The van der Waals surface area contributed by atoms with Gasteiger partial charge in [0, 0.05) is 12.6 Å². The zero-order valence-electron chi connectivity index (χ0n) is 24.7. The Labute approximate surface area is 249 Å². The van der Waals surface area contributed by atoms with E-state index in [2.05, 4.69) is 5.32 Å². The van der Waals surface area contributed by atoms with Crippen LogP contribution in [0.15, 0.2) is 83.8 Å². The topological polar surface area (TPSA) is 96.0 Å². The third-order valence-corrected chi connectivity index (χ3v) is 9.62. The third kappa shape index (κ3) is 7.70. The van der Waals surface area contributed by atoms with Gasteiger partial charge in [0.25, 0.3) is 10.0 Å². The van der Waals surface area contributed by atoms with Crippen LogP contribution < -0.4 is 14.4 Å². The summed E-state index contributed by atoms with van der Waals surface area (Å²) >= 11 is 0. The van der Waals surface area contributed by atoms with Crippen molar-refractivity contribution in [2.75, 3.05) is 24.5 Å². The first kappa shape index (κ1) is 31.1. The van der Waals surface area contributed by atoms with Crippen LogP contribution in [0.2, 0.25) is 0 Å². The van der Waals surface area contributed by atoms with Crippen LogP contribution in [-0.4, -0.2) is 57.4 Å². The lowest BCUT2D eigenvalue weighted by Crippen LogP contribution is -2.53. The highest BCUT2D eigenvalue weighted by molar-refractivity contribution is 7.92. The van der Waals surface area contributed by atoms with Gasteiger partial charge >= 0.3 is 0 Å². The van der Waals surface area contributed by atoms with E-state index in [1.54, 1.807) is 43.3 Å². The number of methoxy groups -OCH3 is 1. The number of anilines is 1. The molecule has 1 atom stereocenters. The van der Waals surface area contributed by atoms with Crippen molar-refractivity contribution in [1.29, 1.82) is 0 Å². The van der Waals surface area contributed by atoms with Gasteiger partial charge in [0.05, 0.1) is 17.7 Å². The number of amides is 2. The van der Waals surface area contributed by atoms with Crippen LogP contribution in [-0.2, 0) is 26.0 Å². The minimum absolute atomic E-state index is 0.0609. The molecule has 1 aliphatic carbocycles. The highest BCUT2D eigenvalue weighted by Gasteiger charge is 2.34. The normalized spacial score (nSPS) is 14.5. The molecule has 0 unspecified atom stereocenters. The number of hydrogen-bond donors (Lipinski definition) is 1. The molecular formula is C33H41N3O5S. The maximum absolute atomic E-state index is 14.1. The molecule has 1 saturated carbocycles. The van der Waals surface area contributed by atoms with Crippen molar-refractivity contribution in [3.63, 3.8) is 0 Å². The molecule has 0 heterocycles. The molecule has 9 heteroatoms. The first-order valence-electron chi connectivity index (χ1n) is 14.6. The minimum Gasteiger partial charge on any atom is -0.495 e. The number of para-hydroxylation sites is 2. The summed E-state index contributed by atoms with van der Waals surface area (Å²) in [5.74, 6) is -0.382. The Morgan fingerprint density at radius 2 is 1.57 bits per heavy atom. The molecule has 42 heavy (non-hydrogen) atoms. The second kappa shape index (κ2) is 14.4. The van der Waals surface area contributed by atoms with E-state index in [9.17, 15) is 18.0 Å². The van der Waals surface area contributed by atoms with Gasteiger partial charge in [-0.1, -0.05) is 79.4 Å². The quantitative estimate of drug-likeness (QED) is 0.316. The monoisotopic (exact) mass is 591 g/mol. The number of hydrogen-bond acceptors (Lipinski definition) is 5. The zero-order chi connectivity index (χ0) is 30.1. The summed E-state index contributed by atoms with van der Waals surface area (Å²) in [6.07, 6.45) is 5.67. The van der Waals surface area contributed by atoms with Crippen LogP contribution in [0.3, 0.4) is 0 Å². The minimum atomic E-state index is -4.16. The maximum atomic E-state index is 14.1. The molecule has 0 saturated heterocycles. The van der Waals surface area contributed by atoms with E-state index in [0.717, 1.165) is 47.5 Å². The highest BCUT2D eigenvalue weighted by atomic mass is 32.2. The average Bonchev–Trinajstić information content (AvgIpc) is 3.01. The predicted molar refractivity (Wildman–Crippen MR) is 165 cm³/mol. The van der Waals surface area contributed by atoms with E-state index in [0.29, 0.717) is 12.2 Å². The Balaban J connectivity index is 1.66. The molecule has 0 bridgehead atoms. The number of ether oxygens (including phenoxy) is 1. The lowest BCUT2D eigenvalue weighted by molar-refractivity contribution is -0.139. The Bertz CT molecular complexity index is 1440. The first-order valence-corrected chi connectivity index (χ1v) is 16.0. The molecule has 1 fully saturated rings. The fraction of sp³-hybridized carbons (Fsp3) is 0.394. The second-order valence-electron chi connectivity index (χ2n) is 10.8. The molecule has 0 aromatic heterocycles. The SMILES string of the molecule is COc1ccccc1N(CC(=O)N(CCc1ccccc1)[C@H](C)C(=O)NC1CCCCC1)S(=O)(=O)c1ccc(C)cc1. The number of rotatable bonds is 12. The van der Waals surface area contributed by atoms with E-state index >= 15 is 0 Å². The van der Waals surface area contributed by atoms with Gasteiger partial charge in [-0.2, -0.15) is 0 Å². The molecule has 4 rings (SSSR count). The van der Waals surface area contributed by atoms with Gasteiger partial charge in [0.1, 0.15) is 18.3 Å². The Kier molecular flexibility index (Phi) is 10.6. The summed E-state index contributed by atoms with van der Waals surface area (Å²) < 4.78 is 34.7. The van der Waals surface area contributed by atoms with Crippen LogP contribution in [0.1, 0.15) is 50.2 Å². The highest BCUT2D eigenvalue weighted by Crippen LogP contribution is 2.32. The molecule has 3 aromatic rings. The fourth-order valence-electron chi connectivity index (χ4n) is 5.33. The van der Waals surface area contributed by atoms with Crippen LogP contribution in [0.4, 0.5) is 5.69 Å². The molecule has 3 aromatic carbocycles. The third-order valence-electron chi connectivity index (χ3n) is 7.84. The lowest BCUT2D eigenvalue weighted by Gasteiger charge is -2.33. The van der Waals surface area contributed by atoms with Crippen molar-refractivity contribution < 1.29 is 22.7 Å². The van der Waals surface area contributed by atoms with Crippen molar-refractivity contribution in [2.24, 2.45) is 0 Å². The van der Waals surface area contributed by atoms with Crippen molar-refractivity contribution in [2.45, 2.75) is 69.4 Å². The smallest absolute Gasteiger partial charge is 0.264 e. The number of carbonyl (C=O) groups is 2. The number of nitrogens with zero attached hydrogens (tertiary/aromatic N) is 2. The number of sulfonamides is 1. The van der Waals surface area contributed by atoms with Crippen LogP contribution in [0.5, 0.6) is 5.75 Å². The molecule has 2 amide bonds. The van der Waals surface area contributed by atoms with E-state index in [1.807, 2.05) is 37.3 Å². The number of benzene rings is 3. The molecule has 0 radical (unpaired) electrons. The van der Waals surface area contributed by atoms with Gasteiger partial charge in [0.2, 0.25) is 11.8 Å². The fourth-order valence-corrected chi connectivity index (χ4v) is 6.75. The van der Waals surface area contributed by atoms with Crippen molar-refractivity contribution in [1.82, 2.24) is 10.2 Å². The Morgan fingerprint density at radius 1 is 0.929 bits per heavy atom. The van der Waals surface area contributed by atoms with E-state index in [1.165, 1.54) is 24.1 Å². The number of nitrogens with one attached hydrogen (secondary N) is 1. The molecule has 0 spiro atoms. The molecule has 1 aliphatic rings. The van der Waals surface area contributed by atoms with Crippen molar-refractivity contribution in [3.05, 3.63) is 90.0 Å². The average molecular weight is 592 g/mol. The van der Waals surface area contributed by atoms with Gasteiger partial charge in [0.15, 0.2) is 0 Å². The standard InChI is InChI=1S/C33H41N3O5S/c1-25-18-20-29(21-19-25)42(39,40)36(30-16-10-11-17-31(30)41-3)24-32(37)35(23-22-27-12-6-4-7-13-27)26(2)33(38)34-28-14-8-5-9-15-28/h4,6-7,10-13,16-21,26,28H,5,8-9,14-15,22-24H2,1-3H3,(H,34,38)/t26-/m1/s1. The van der Waals surface area contributed by atoms with E-state index in [4.69, 9.17) is 4.74 Å². The molecule has 1 N–H and O–H groups in total. The van der Waals surface area contributed by atoms with Gasteiger partial charge < -0.3 is 15.0 Å². The largest absolute Gasteiger partial charge is 0.495 e. The summed E-state index contributed by atoms with van der Waals surface area (Å²) in [7, 11) is -2.70. The van der Waals surface area contributed by atoms with Gasteiger partial charge in [-0.05, 0) is 62.9 Å². The number of carbonyl (C=O) groups excluding carboxylic acids is 2. The summed E-state index contributed by atoms with van der Waals surface area (Å²) in [4.78, 5) is 29.1. The number of aryl methyl sites for hydroxylation is 1.